The number of halogens is 5. The Morgan fingerprint density at radius 2 is 1.27 bits per heavy atom. The van der Waals surface area contributed by atoms with E-state index < -0.39 is 29.7 Å². The topological polar surface area (TPSA) is 56.8 Å². The number of nitrogens with one attached hydrogen (secondary N) is 1. The summed E-state index contributed by atoms with van der Waals surface area (Å²) in [5.74, 6) is -0.773. The summed E-state index contributed by atoms with van der Waals surface area (Å²) in [6.45, 7) is 0.584. The molecule has 0 aliphatic heterocycles. The van der Waals surface area contributed by atoms with E-state index in [1.54, 1.807) is 48.5 Å². The number of rotatable bonds is 10. The number of hydrogen-bond acceptors (Lipinski definition) is 4. The van der Waals surface area contributed by atoms with Crippen molar-refractivity contribution in [3.8, 4) is 17.2 Å². The Labute approximate surface area is 233 Å². The second-order valence-electron chi connectivity index (χ2n) is 9.26. The van der Waals surface area contributed by atoms with Gasteiger partial charge in [0.25, 0.3) is 5.91 Å². The first-order valence-corrected chi connectivity index (χ1v) is 12.4. The summed E-state index contributed by atoms with van der Waals surface area (Å²) in [6.07, 6.45) is -8.43. The fourth-order valence-corrected chi connectivity index (χ4v) is 4.46. The Hall–Kier alpha value is -4.60. The van der Waals surface area contributed by atoms with Crippen molar-refractivity contribution in [1.29, 1.82) is 0 Å². The summed E-state index contributed by atoms with van der Waals surface area (Å²) in [5, 5.41) is 2.99. The molecule has 0 aliphatic carbocycles. The third-order valence-corrected chi connectivity index (χ3v) is 6.18. The van der Waals surface area contributed by atoms with Gasteiger partial charge in [0.15, 0.2) is 0 Å². The molecule has 1 amide bonds. The highest BCUT2D eigenvalue weighted by Gasteiger charge is 2.39. The highest BCUT2D eigenvalue weighted by molar-refractivity contribution is 5.95. The maximum atomic E-state index is 13.8. The maximum absolute atomic E-state index is 13.8. The molecule has 214 valence electrons. The lowest BCUT2D eigenvalue weighted by Crippen LogP contribution is -2.48. The molecule has 4 rings (SSSR count). The minimum Gasteiger partial charge on any atom is -0.497 e. The monoisotopic (exact) mass is 571 g/mol. The van der Waals surface area contributed by atoms with Crippen LogP contribution >= 0.6 is 0 Å². The summed E-state index contributed by atoms with van der Waals surface area (Å²) >= 11 is 0. The lowest BCUT2D eigenvalue weighted by Gasteiger charge is -2.37. The molecule has 0 bridgehead atoms. The van der Waals surface area contributed by atoms with Crippen molar-refractivity contribution in [2.75, 3.05) is 7.11 Å². The molecule has 10 heteroatoms. The Balaban J connectivity index is 1.93. The SMILES string of the molecule is COc1ccc(C(=O)NC(Cc2ccccc2)(c2cccc(OC(C)(F)F)c2)c2cccc(OC(F)(F)F)c2)cc1. The molecule has 4 aromatic carbocycles. The number of hydrogen-bond donors (Lipinski definition) is 1. The molecular weight excluding hydrogens is 545 g/mol. The van der Waals surface area contributed by atoms with Crippen LogP contribution in [0.25, 0.3) is 0 Å². The van der Waals surface area contributed by atoms with Gasteiger partial charge in [0.1, 0.15) is 17.2 Å². The molecule has 0 saturated heterocycles. The molecule has 4 aromatic rings. The van der Waals surface area contributed by atoms with Gasteiger partial charge >= 0.3 is 12.5 Å². The summed E-state index contributed by atoms with van der Waals surface area (Å²) in [7, 11) is 1.48. The summed E-state index contributed by atoms with van der Waals surface area (Å²) < 4.78 is 81.2. The van der Waals surface area contributed by atoms with Crippen LogP contribution in [0.3, 0.4) is 0 Å². The second kappa shape index (κ2) is 11.9. The third-order valence-electron chi connectivity index (χ3n) is 6.18. The Bertz CT molecular complexity index is 1410. The largest absolute Gasteiger partial charge is 0.573 e. The van der Waals surface area contributed by atoms with Crippen LogP contribution in [0.15, 0.2) is 103 Å². The Morgan fingerprint density at radius 3 is 1.78 bits per heavy atom. The molecule has 0 aromatic heterocycles. The van der Waals surface area contributed by atoms with Gasteiger partial charge in [0.2, 0.25) is 0 Å². The quantitative estimate of drug-likeness (QED) is 0.200. The van der Waals surface area contributed by atoms with Crippen LogP contribution in [-0.2, 0) is 12.0 Å². The van der Waals surface area contributed by atoms with Gasteiger partial charge in [-0.15, -0.1) is 13.2 Å². The molecule has 0 saturated carbocycles. The number of alkyl halides is 5. The summed E-state index contributed by atoms with van der Waals surface area (Å²) in [5.41, 5.74) is -0.124. The van der Waals surface area contributed by atoms with Gasteiger partial charge in [-0.05, 0) is 65.2 Å². The molecular formula is C31H26F5NO4. The van der Waals surface area contributed by atoms with Crippen molar-refractivity contribution in [3.63, 3.8) is 0 Å². The van der Waals surface area contributed by atoms with E-state index in [2.05, 4.69) is 10.1 Å². The number of ether oxygens (including phenoxy) is 3. The van der Waals surface area contributed by atoms with Gasteiger partial charge in [-0.1, -0.05) is 54.6 Å². The highest BCUT2D eigenvalue weighted by atomic mass is 19.4. The van der Waals surface area contributed by atoms with Gasteiger partial charge in [-0.25, -0.2) is 0 Å². The van der Waals surface area contributed by atoms with Crippen molar-refractivity contribution in [3.05, 3.63) is 125 Å². The maximum Gasteiger partial charge on any atom is 0.573 e. The number of benzene rings is 4. The summed E-state index contributed by atoms with van der Waals surface area (Å²) in [6, 6.07) is 26.0. The number of carbonyl (C=O) groups excluding carboxylic acids is 1. The standard InChI is InChI=1S/C31H26F5NO4/c1-29(32,33)40-26-12-6-10-23(18-26)30(20-21-8-4-3-5-9-21,24-11-7-13-27(19-24)41-31(34,35)36)37-28(38)22-14-16-25(39-2)17-15-22/h3-19H,20H2,1-2H3,(H,37,38). The molecule has 0 spiro atoms. The summed E-state index contributed by atoms with van der Waals surface area (Å²) in [4.78, 5) is 13.7. The average Bonchev–Trinajstić information content (AvgIpc) is 2.91. The molecule has 5 nitrogen and oxygen atoms in total. The van der Waals surface area contributed by atoms with E-state index in [0.717, 1.165) is 12.1 Å². The van der Waals surface area contributed by atoms with Crippen LogP contribution < -0.4 is 19.5 Å². The van der Waals surface area contributed by atoms with Gasteiger partial charge in [0.05, 0.1) is 12.6 Å². The van der Waals surface area contributed by atoms with Crippen molar-refractivity contribution in [1.82, 2.24) is 5.32 Å². The lowest BCUT2D eigenvalue weighted by molar-refractivity contribution is -0.274. The fourth-order valence-electron chi connectivity index (χ4n) is 4.46. The molecule has 1 N–H and O–H groups in total. The molecule has 0 fully saturated rings. The zero-order valence-electron chi connectivity index (χ0n) is 22.0. The van der Waals surface area contributed by atoms with Gasteiger partial charge < -0.3 is 19.5 Å². The minimum atomic E-state index is -4.96. The second-order valence-corrected chi connectivity index (χ2v) is 9.26. The normalized spacial score (nSPS) is 13.1. The van der Waals surface area contributed by atoms with E-state index >= 15 is 0 Å². The smallest absolute Gasteiger partial charge is 0.497 e. The van der Waals surface area contributed by atoms with Crippen LogP contribution in [0.4, 0.5) is 22.0 Å². The van der Waals surface area contributed by atoms with E-state index in [4.69, 9.17) is 9.47 Å². The zero-order chi connectivity index (χ0) is 29.7. The van der Waals surface area contributed by atoms with E-state index in [-0.39, 0.29) is 28.9 Å². The van der Waals surface area contributed by atoms with Crippen LogP contribution in [0, 0.1) is 0 Å². The van der Waals surface area contributed by atoms with Crippen LogP contribution in [0.2, 0.25) is 0 Å². The van der Waals surface area contributed by atoms with E-state index in [1.165, 1.54) is 49.6 Å². The van der Waals surface area contributed by atoms with Crippen LogP contribution in [0.5, 0.6) is 17.2 Å². The van der Waals surface area contributed by atoms with E-state index in [9.17, 15) is 26.7 Å². The van der Waals surface area contributed by atoms with Crippen molar-refractivity contribution >= 4 is 5.91 Å². The molecule has 41 heavy (non-hydrogen) atoms. The zero-order valence-corrected chi connectivity index (χ0v) is 22.0. The predicted molar refractivity (Wildman–Crippen MR) is 142 cm³/mol. The van der Waals surface area contributed by atoms with Gasteiger partial charge in [0, 0.05) is 18.9 Å². The Kier molecular flexibility index (Phi) is 8.51. The first-order valence-electron chi connectivity index (χ1n) is 12.4. The van der Waals surface area contributed by atoms with E-state index in [1.807, 2.05) is 0 Å². The predicted octanol–water partition coefficient (Wildman–Crippen LogP) is 7.50. The average molecular weight is 572 g/mol. The highest BCUT2D eigenvalue weighted by Crippen LogP contribution is 2.38. The first kappa shape index (κ1) is 29.4. The number of methoxy groups -OCH3 is 1. The fraction of sp³-hybridized carbons (Fsp3) is 0.194. The molecule has 0 radical (unpaired) electrons. The Morgan fingerprint density at radius 1 is 0.707 bits per heavy atom. The van der Waals surface area contributed by atoms with E-state index in [0.29, 0.717) is 18.2 Å². The first-order chi connectivity index (χ1) is 19.4. The molecule has 0 heterocycles. The number of amides is 1. The third kappa shape index (κ3) is 7.75. The van der Waals surface area contributed by atoms with Gasteiger partial charge in [-0.3, -0.25) is 4.79 Å². The minimum absolute atomic E-state index is 0.0389. The van der Waals surface area contributed by atoms with Crippen molar-refractivity contribution in [2.24, 2.45) is 0 Å². The molecule has 0 aliphatic rings. The lowest BCUT2D eigenvalue weighted by atomic mass is 9.77. The van der Waals surface area contributed by atoms with Crippen LogP contribution in [-0.4, -0.2) is 25.5 Å². The van der Waals surface area contributed by atoms with Crippen molar-refractivity contribution in [2.45, 2.75) is 31.4 Å². The van der Waals surface area contributed by atoms with Crippen LogP contribution in [0.1, 0.15) is 34.0 Å². The van der Waals surface area contributed by atoms with Gasteiger partial charge in [-0.2, -0.15) is 8.78 Å². The number of carbonyl (C=O) groups is 1. The molecule has 1 unspecified atom stereocenters. The van der Waals surface area contributed by atoms with Crippen molar-refractivity contribution < 1.29 is 41.0 Å². The molecule has 1 atom stereocenters.